The molecular weight excluding hydrogens is 262 g/mol. The molecule has 0 radical (unpaired) electrons. The van der Waals surface area contributed by atoms with Crippen molar-refractivity contribution in [2.45, 2.75) is 42.7 Å². The molecule has 5 heteroatoms. The monoisotopic (exact) mass is 281 g/mol. The highest BCUT2D eigenvalue weighted by atomic mass is 32.2. The number of nitrogens with one attached hydrogen (secondary N) is 1. The maximum Gasteiger partial charge on any atom is 0.241 e. The number of hydrogen-bond donors (Lipinski definition) is 1. The molecule has 4 nitrogen and oxygen atoms in total. The number of benzene rings is 1. The van der Waals surface area contributed by atoms with E-state index in [2.05, 4.69) is 4.72 Å². The summed E-state index contributed by atoms with van der Waals surface area (Å²) >= 11 is 0. The molecule has 1 aliphatic heterocycles. The molecule has 0 bridgehead atoms. The zero-order valence-electron chi connectivity index (χ0n) is 11.0. The second-order valence-corrected chi connectivity index (χ2v) is 7.40. The summed E-state index contributed by atoms with van der Waals surface area (Å²) < 4.78 is 33.4. The zero-order valence-corrected chi connectivity index (χ0v) is 11.8. The summed E-state index contributed by atoms with van der Waals surface area (Å²) in [5.74, 6) is 0.519. The fourth-order valence-corrected chi connectivity index (χ4v) is 4.32. The van der Waals surface area contributed by atoms with Gasteiger partial charge in [-0.25, -0.2) is 13.1 Å². The molecule has 0 amide bonds. The second kappa shape index (κ2) is 4.58. The van der Waals surface area contributed by atoms with Crippen LogP contribution < -0.4 is 4.72 Å². The van der Waals surface area contributed by atoms with Crippen molar-refractivity contribution in [3.8, 4) is 0 Å². The quantitative estimate of drug-likeness (QED) is 0.917. The Kier molecular flexibility index (Phi) is 3.15. The van der Waals surface area contributed by atoms with Crippen LogP contribution in [0.4, 0.5) is 0 Å². The van der Waals surface area contributed by atoms with Crippen LogP contribution in [0.15, 0.2) is 35.2 Å². The summed E-state index contributed by atoms with van der Waals surface area (Å²) in [6.07, 6.45) is 3.05. The summed E-state index contributed by atoms with van der Waals surface area (Å²) in [5.41, 5.74) is -0.476. The van der Waals surface area contributed by atoms with Crippen molar-refractivity contribution < 1.29 is 13.2 Å². The maximum absolute atomic E-state index is 12.4. The van der Waals surface area contributed by atoms with Gasteiger partial charge >= 0.3 is 0 Å². The van der Waals surface area contributed by atoms with E-state index in [0.29, 0.717) is 17.4 Å². The van der Waals surface area contributed by atoms with Crippen molar-refractivity contribution in [2.24, 2.45) is 5.92 Å². The highest BCUT2D eigenvalue weighted by Gasteiger charge is 2.50. The third-order valence-electron chi connectivity index (χ3n) is 4.02. The number of ether oxygens (including phenoxy) is 1. The van der Waals surface area contributed by atoms with Gasteiger partial charge in [0.2, 0.25) is 10.0 Å². The van der Waals surface area contributed by atoms with Gasteiger partial charge in [-0.15, -0.1) is 0 Å². The van der Waals surface area contributed by atoms with E-state index in [1.807, 2.05) is 13.0 Å². The van der Waals surface area contributed by atoms with Gasteiger partial charge in [-0.2, -0.15) is 0 Å². The fourth-order valence-electron chi connectivity index (χ4n) is 2.85. The minimum atomic E-state index is -3.47. The van der Waals surface area contributed by atoms with Gasteiger partial charge in [0.1, 0.15) is 0 Å². The molecule has 104 valence electrons. The van der Waals surface area contributed by atoms with Crippen molar-refractivity contribution in [1.29, 1.82) is 0 Å². The van der Waals surface area contributed by atoms with Crippen LogP contribution in [0.2, 0.25) is 0 Å². The van der Waals surface area contributed by atoms with Gasteiger partial charge in [-0.05, 0) is 44.2 Å². The Morgan fingerprint density at radius 3 is 2.58 bits per heavy atom. The molecule has 2 aliphatic rings. The van der Waals surface area contributed by atoms with Crippen LogP contribution in [0.25, 0.3) is 0 Å². The molecule has 2 fully saturated rings. The topological polar surface area (TPSA) is 55.4 Å². The predicted molar refractivity (Wildman–Crippen MR) is 72.2 cm³/mol. The van der Waals surface area contributed by atoms with Crippen molar-refractivity contribution in [3.63, 3.8) is 0 Å². The van der Waals surface area contributed by atoms with Crippen molar-refractivity contribution in [3.05, 3.63) is 30.3 Å². The summed E-state index contributed by atoms with van der Waals surface area (Å²) in [6, 6.07) is 8.52. The molecule has 0 spiro atoms. The lowest BCUT2D eigenvalue weighted by atomic mass is 9.92. The smallest absolute Gasteiger partial charge is 0.241 e. The zero-order chi connectivity index (χ0) is 13.5. The van der Waals surface area contributed by atoms with Crippen molar-refractivity contribution in [1.82, 2.24) is 4.72 Å². The second-order valence-electron chi connectivity index (χ2n) is 5.71. The van der Waals surface area contributed by atoms with E-state index in [9.17, 15) is 8.42 Å². The third kappa shape index (κ3) is 2.55. The van der Waals surface area contributed by atoms with E-state index in [0.717, 1.165) is 19.3 Å². The predicted octanol–water partition coefficient (Wildman–Crippen LogP) is 1.92. The average Bonchev–Trinajstić information content (AvgIpc) is 3.14. The molecule has 1 aromatic rings. The van der Waals surface area contributed by atoms with Gasteiger partial charge < -0.3 is 4.74 Å². The molecule has 2 atom stereocenters. The molecule has 1 aliphatic carbocycles. The standard InChI is InChI=1S/C14H19NO3S/c1-14(9-10-18-13(14)11-7-8-11)15-19(16,17)12-5-3-2-4-6-12/h2-6,11,13,15H,7-10H2,1H3/t13-,14+/m0/s1. The SMILES string of the molecule is C[C@@]1(NS(=O)(=O)c2ccccc2)CCO[C@H]1C1CC1. The van der Waals surface area contributed by atoms with E-state index < -0.39 is 15.6 Å². The Morgan fingerprint density at radius 1 is 1.26 bits per heavy atom. The molecule has 1 heterocycles. The van der Waals surface area contributed by atoms with E-state index in [4.69, 9.17) is 4.74 Å². The minimum absolute atomic E-state index is 0.0194. The molecule has 1 saturated heterocycles. The average molecular weight is 281 g/mol. The van der Waals surface area contributed by atoms with E-state index in [1.165, 1.54) is 0 Å². The number of hydrogen-bond acceptors (Lipinski definition) is 3. The summed E-state index contributed by atoms with van der Waals surface area (Å²) in [7, 11) is -3.47. The minimum Gasteiger partial charge on any atom is -0.376 e. The van der Waals surface area contributed by atoms with Crippen LogP contribution in [0.5, 0.6) is 0 Å². The fraction of sp³-hybridized carbons (Fsp3) is 0.571. The first-order chi connectivity index (χ1) is 9.01. The third-order valence-corrected chi connectivity index (χ3v) is 5.65. The first-order valence-corrected chi connectivity index (χ1v) is 8.20. The molecule has 0 aromatic heterocycles. The molecule has 1 saturated carbocycles. The van der Waals surface area contributed by atoms with Crippen LogP contribution >= 0.6 is 0 Å². The van der Waals surface area contributed by atoms with Gasteiger partial charge in [-0.3, -0.25) is 0 Å². The highest BCUT2D eigenvalue weighted by Crippen LogP contribution is 2.43. The van der Waals surface area contributed by atoms with E-state index in [-0.39, 0.29) is 6.10 Å². The van der Waals surface area contributed by atoms with Gasteiger partial charge in [0, 0.05) is 6.61 Å². The van der Waals surface area contributed by atoms with Crippen LogP contribution in [0, 0.1) is 5.92 Å². The molecule has 19 heavy (non-hydrogen) atoms. The lowest BCUT2D eigenvalue weighted by Gasteiger charge is -2.30. The molecule has 0 unspecified atom stereocenters. The van der Waals surface area contributed by atoms with Crippen molar-refractivity contribution in [2.75, 3.05) is 6.61 Å². The Labute approximate surface area is 114 Å². The Hall–Kier alpha value is -0.910. The van der Waals surface area contributed by atoms with Crippen LogP contribution in [0.3, 0.4) is 0 Å². The molecule has 1 N–H and O–H groups in total. The molecule has 3 rings (SSSR count). The molecule has 1 aromatic carbocycles. The normalized spacial score (nSPS) is 31.5. The Bertz CT molecular complexity index is 553. The van der Waals surface area contributed by atoms with Crippen LogP contribution in [-0.2, 0) is 14.8 Å². The van der Waals surface area contributed by atoms with Crippen LogP contribution in [-0.4, -0.2) is 26.7 Å². The number of rotatable bonds is 4. The maximum atomic E-state index is 12.4. The van der Waals surface area contributed by atoms with Gasteiger partial charge in [0.25, 0.3) is 0 Å². The highest BCUT2D eigenvalue weighted by molar-refractivity contribution is 7.89. The first kappa shape index (κ1) is 13.1. The first-order valence-electron chi connectivity index (χ1n) is 6.72. The summed E-state index contributed by atoms with van der Waals surface area (Å²) in [6.45, 7) is 2.60. The van der Waals surface area contributed by atoms with Gasteiger partial charge in [0.05, 0.1) is 16.5 Å². The lowest BCUT2D eigenvalue weighted by Crippen LogP contribution is -2.52. The van der Waals surface area contributed by atoms with E-state index in [1.54, 1.807) is 24.3 Å². The van der Waals surface area contributed by atoms with E-state index >= 15 is 0 Å². The van der Waals surface area contributed by atoms with Gasteiger partial charge in [-0.1, -0.05) is 18.2 Å². The van der Waals surface area contributed by atoms with Crippen molar-refractivity contribution >= 4 is 10.0 Å². The Morgan fingerprint density at radius 2 is 1.95 bits per heavy atom. The summed E-state index contributed by atoms with van der Waals surface area (Å²) in [4.78, 5) is 0.317. The largest absolute Gasteiger partial charge is 0.376 e. The Balaban J connectivity index is 1.84. The van der Waals surface area contributed by atoms with Gasteiger partial charge in [0.15, 0.2) is 0 Å². The van der Waals surface area contributed by atoms with Crippen LogP contribution in [0.1, 0.15) is 26.2 Å². The molecular formula is C14H19NO3S. The lowest BCUT2D eigenvalue weighted by molar-refractivity contribution is 0.0629. The summed E-state index contributed by atoms with van der Waals surface area (Å²) in [5, 5.41) is 0. The number of sulfonamides is 1.